The highest BCUT2D eigenvalue weighted by atomic mass is 32.2. The summed E-state index contributed by atoms with van der Waals surface area (Å²) in [6, 6.07) is 0. The van der Waals surface area contributed by atoms with Gasteiger partial charge in [-0.05, 0) is 24.1 Å². The lowest BCUT2D eigenvalue weighted by atomic mass is 9.98. The van der Waals surface area contributed by atoms with Crippen LogP contribution in [0.5, 0.6) is 0 Å². The fourth-order valence-electron chi connectivity index (χ4n) is 2.00. The molecular formula is C12H21N3OS. The summed E-state index contributed by atoms with van der Waals surface area (Å²) in [7, 11) is 0. The number of hydrogen-bond acceptors (Lipinski definition) is 5. The molecular weight excluding hydrogens is 234 g/mol. The summed E-state index contributed by atoms with van der Waals surface area (Å²) in [5.41, 5.74) is 0. The van der Waals surface area contributed by atoms with E-state index in [1.807, 2.05) is 11.8 Å². The molecule has 1 fully saturated rings. The predicted octanol–water partition coefficient (Wildman–Crippen LogP) is 2.28. The van der Waals surface area contributed by atoms with E-state index in [-0.39, 0.29) is 0 Å². The maximum atomic E-state index is 5.36. The summed E-state index contributed by atoms with van der Waals surface area (Å²) >= 11 is 1.87. The van der Waals surface area contributed by atoms with Crippen molar-refractivity contribution in [3.8, 4) is 0 Å². The highest BCUT2D eigenvalue weighted by molar-refractivity contribution is 7.98. The Balaban J connectivity index is 1.87. The van der Waals surface area contributed by atoms with E-state index in [4.69, 9.17) is 4.52 Å². The largest absolute Gasteiger partial charge is 0.339 e. The SMILES string of the molecule is CC(C)CSCc1noc([C@@H]2CNC[C@H]2C)n1. The predicted molar refractivity (Wildman–Crippen MR) is 70.1 cm³/mol. The second-order valence-corrected chi connectivity index (χ2v) is 6.23. The van der Waals surface area contributed by atoms with Crippen LogP contribution in [0, 0.1) is 11.8 Å². The van der Waals surface area contributed by atoms with Gasteiger partial charge in [0.05, 0.1) is 11.7 Å². The van der Waals surface area contributed by atoms with E-state index in [0.29, 0.717) is 17.8 Å². The van der Waals surface area contributed by atoms with E-state index in [1.54, 1.807) is 0 Å². The molecule has 17 heavy (non-hydrogen) atoms. The number of nitrogens with one attached hydrogen (secondary N) is 1. The molecule has 1 aromatic heterocycles. The zero-order chi connectivity index (χ0) is 12.3. The molecule has 0 saturated carbocycles. The lowest BCUT2D eigenvalue weighted by Gasteiger charge is -2.07. The molecule has 2 heterocycles. The lowest BCUT2D eigenvalue weighted by molar-refractivity contribution is 0.337. The molecule has 96 valence electrons. The fourth-order valence-corrected chi connectivity index (χ4v) is 2.89. The first-order chi connectivity index (χ1) is 8.16. The molecule has 0 aliphatic carbocycles. The smallest absolute Gasteiger partial charge is 0.231 e. The molecule has 1 saturated heterocycles. The molecule has 2 atom stereocenters. The van der Waals surface area contributed by atoms with Crippen molar-refractivity contribution in [3.63, 3.8) is 0 Å². The molecule has 1 N–H and O–H groups in total. The Kier molecular flexibility index (Phi) is 4.45. The summed E-state index contributed by atoms with van der Waals surface area (Å²) in [6.07, 6.45) is 0. The molecule has 1 aromatic rings. The van der Waals surface area contributed by atoms with Crippen molar-refractivity contribution in [2.45, 2.75) is 32.4 Å². The molecule has 0 bridgehead atoms. The molecule has 0 aromatic carbocycles. The average molecular weight is 255 g/mol. The van der Waals surface area contributed by atoms with E-state index in [0.717, 1.165) is 36.3 Å². The van der Waals surface area contributed by atoms with Gasteiger partial charge in [-0.1, -0.05) is 25.9 Å². The molecule has 1 aliphatic rings. The van der Waals surface area contributed by atoms with Crippen molar-refractivity contribution in [3.05, 3.63) is 11.7 Å². The van der Waals surface area contributed by atoms with Crippen molar-refractivity contribution in [2.24, 2.45) is 11.8 Å². The topological polar surface area (TPSA) is 51.0 Å². The van der Waals surface area contributed by atoms with Gasteiger partial charge < -0.3 is 9.84 Å². The van der Waals surface area contributed by atoms with E-state index >= 15 is 0 Å². The monoisotopic (exact) mass is 255 g/mol. The zero-order valence-electron chi connectivity index (χ0n) is 10.8. The first-order valence-corrected chi connectivity index (χ1v) is 7.43. The molecule has 1 aliphatic heterocycles. The van der Waals surface area contributed by atoms with E-state index in [9.17, 15) is 0 Å². The number of nitrogens with zero attached hydrogens (tertiary/aromatic N) is 2. The molecule has 5 heteroatoms. The fraction of sp³-hybridized carbons (Fsp3) is 0.833. The standard InChI is InChI=1S/C12H21N3OS/c1-8(2)6-17-7-11-14-12(16-15-11)10-5-13-4-9(10)3/h8-10,13H,4-7H2,1-3H3/t9-,10-/m1/s1. The molecule has 4 nitrogen and oxygen atoms in total. The van der Waals surface area contributed by atoms with Gasteiger partial charge >= 0.3 is 0 Å². The van der Waals surface area contributed by atoms with Gasteiger partial charge in [-0.2, -0.15) is 16.7 Å². The number of hydrogen-bond donors (Lipinski definition) is 1. The molecule has 0 spiro atoms. The minimum absolute atomic E-state index is 0.395. The minimum atomic E-state index is 0.395. The Morgan fingerprint density at radius 1 is 1.47 bits per heavy atom. The quantitative estimate of drug-likeness (QED) is 0.874. The van der Waals surface area contributed by atoms with Gasteiger partial charge in [-0.25, -0.2) is 0 Å². The van der Waals surface area contributed by atoms with Crippen molar-refractivity contribution in [1.29, 1.82) is 0 Å². The number of rotatable bonds is 5. The van der Waals surface area contributed by atoms with Crippen LogP contribution in [0.2, 0.25) is 0 Å². The van der Waals surface area contributed by atoms with Gasteiger partial charge in [0.2, 0.25) is 5.89 Å². The van der Waals surface area contributed by atoms with Crippen molar-refractivity contribution in [2.75, 3.05) is 18.8 Å². The number of aromatic nitrogens is 2. The normalized spacial score (nSPS) is 24.7. The van der Waals surface area contributed by atoms with Crippen molar-refractivity contribution >= 4 is 11.8 Å². The summed E-state index contributed by atoms with van der Waals surface area (Å²) in [6.45, 7) is 8.68. The van der Waals surface area contributed by atoms with Gasteiger partial charge in [0.25, 0.3) is 0 Å². The Morgan fingerprint density at radius 3 is 2.94 bits per heavy atom. The van der Waals surface area contributed by atoms with Gasteiger partial charge in [-0.15, -0.1) is 0 Å². The molecule has 2 rings (SSSR count). The van der Waals surface area contributed by atoms with Gasteiger partial charge in [0.1, 0.15) is 0 Å². The third kappa shape index (κ3) is 3.45. The van der Waals surface area contributed by atoms with Gasteiger partial charge in [0, 0.05) is 6.54 Å². The lowest BCUT2D eigenvalue weighted by Crippen LogP contribution is -2.08. The van der Waals surface area contributed by atoms with Crippen LogP contribution < -0.4 is 5.32 Å². The van der Waals surface area contributed by atoms with Crippen LogP contribution in [0.15, 0.2) is 4.52 Å². The Hall–Kier alpha value is -0.550. The van der Waals surface area contributed by atoms with Crippen LogP contribution in [0.3, 0.4) is 0 Å². The highest BCUT2D eigenvalue weighted by Crippen LogP contribution is 2.26. The van der Waals surface area contributed by atoms with Crippen molar-refractivity contribution < 1.29 is 4.52 Å². The van der Waals surface area contributed by atoms with Crippen LogP contribution >= 0.6 is 11.8 Å². The first-order valence-electron chi connectivity index (χ1n) is 6.27. The first kappa shape index (κ1) is 12.9. The van der Waals surface area contributed by atoms with Gasteiger partial charge in [-0.3, -0.25) is 0 Å². The molecule has 0 unspecified atom stereocenters. The van der Waals surface area contributed by atoms with E-state index in [2.05, 4.69) is 36.2 Å². The van der Waals surface area contributed by atoms with Crippen LogP contribution in [-0.2, 0) is 5.75 Å². The second-order valence-electron chi connectivity index (χ2n) is 5.20. The third-order valence-electron chi connectivity index (χ3n) is 3.00. The Morgan fingerprint density at radius 2 is 2.29 bits per heavy atom. The number of thioether (sulfide) groups is 1. The molecule has 0 radical (unpaired) electrons. The Bertz CT molecular complexity index is 353. The second kappa shape index (κ2) is 5.87. The summed E-state index contributed by atoms with van der Waals surface area (Å²) in [4.78, 5) is 4.50. The summed E-state index contributed by atoms with van der Waals surface area (Å²) in [5.74, 6) is 5.34. The Labute approximate surface area is 107 Å². The zero-order valence-corrected chi connectivity index (χ0v) is 11.6. The van der Waals surface area contributed by atoms with Crippen LogP contribution in [0.4, 0.5) is 0 Å². The minimum Gasteiger partial charge on any atom is -0.339 e. The maximum Gasteiger partial charge on any atom is 0.231 e. The van der Waals surface area contributed by atoms with Crippen molar-refractivity contribution in [1.82, 2.24) is 15.5 Å². The van der Waals surface area contributed by atoms with Crippen LogP contribution in [0.1, 0.15) is 38.4 Å². The molecule has 0 amide bonds. The van der Waals surface area contributed by atoms with Gasteiger partial charge in [0.15, 0.2) is 5.82 Å². The summed E-state index contributed by atoms with van der Waals surface area (Å²) in [5, 5.41) is 7.41. The maximum absolute atomic E-state index is 5.36. The van der Waals surface area contributed by atoms with Crippen LogP contribution in [-0.4, -0.2) is 29.0 Å². The van der Waals surface area contributed by atoms with Crippen LogP contribution in [0.25, 0.3) is 0 Å². The highest BCUT2D eigenvalue weighted by Gasteiger charge is 2.29. The third-order valence-corrected chi connectivity index (χ3v) is 4.37. The average Bonchev–Trinajstić information content (AvgIpc) is 2.86. The summed E-state index contributed by atoms with van der Waals surface area (Å²) < 4.78 is 5.36. The van der Waals surface area contributed by atoms with E-state index < -0.39 is 0 Å². The van der Waals surface area contributed by atoms with E-state index in [1.165, 1.54) is 0 Å².